The van der Waals surface area contributed by atoms with E-state index in [2.05, 4.69) is 0 Å². The Balaban J connectivity index is 2.92. The summed E-state index contributed by atoms with van der Waals surface area (Å²) >= 11 is 0. The maximum absolute atomic E-state index is 11.1. The molecule has 2 aromatic rings. The molecule has 4 heteroatoms. The van der Waals surface area contributed by atoms with Gasteiger partial charge >= 0.3 is 5.76 Å². The van der Waals surface area contributed by atoms with Crippen molar-refractivity contribution in [2.75, 3.05) is 7.11 Å². The molecule has 4 nitrogen and oxygen atoms in total. The van der Waals surface area contributed by atoms with Gasteiger partial charge in [-0.2, -0.15) is 0 Å². The summed E-state index contributed by atoms with van der Waals surface area (Å²) < 4.78 is 11.5. The monoisotopic (exact) mass is 179 g/mol. The minimum atomic E-state index is -0.375. The van der Waals surface area contributed by atoms with E-state index in [0.29, 0.717) is 11.3 Å². The Morgan fingerprint density at radius 2 is 2.23 bits per heavy atom. The number of oxazole rings is 1. The molecule has 1 heterocycles. The van der Waals surface area contributed by atoms with Crippen LogP contribution in [-0.4, -0.2) is 11.7 Å². The molecule has 0 saturated heterocycles. The van der Waals surface area contributed by atoms with Crippen LogP contribution in [0.25, 0.3) is 11.1 Å². The van der Waals surface area contributed by atoms with Crippen LogP contribution in [0.4, 0.5) is 0 Å². The van der Waals surface area contributed by atoms with Crippen LogP contribution in [0.3, 0.4) is 0 Å². The van der Waals surface area contributed by atoms with Crippen LogP contribution >= 0.6 is 0 Å². The Kier molecular flexibility index (Phi) is 1.62. The van der Waals surface area contributed by atoms with Crippen LogP contribution in [0, 0.1) is 0 Å². The number of aromatic nitrogens is 1. The topological polar surface area (TPSA) is 44.4 Å². The van der Waals surface area contributed by atoms with Crippen LogP contribution in [-0.2, 0) is 7.05 Å². The van der Waals surface area contributed by atoms with Gasteiger partial charge in [-0.3, -0.25) is 4.57 Å². The third kappa shape index (κ3) is 1.02. The lowest BCUT2D eigenvalue weighted by Gasteiger charge is -1.98. The molecular weight excluding hydrogens is 170 g/mol. The van der Waals surface area contributed by atoms with E-state index in [9.17, 15) is 4.79 Å². The first-order valence-electron chi connectivity index (χ1n) is 3.86. The van der Waals surface area contributed by atoms with E-state index in [1.807, 2.05) is 12.1 Å². The van der Waals surface area contributed by atoms with E-state index in [4.69, 9.17) is 9.15 Å². The molecule has 2 rings (SSSR count). The smallest absolute Gasteiger partial charge is 0.419 e. The van der Waals surface area contributed by atoms with E-state index < -0.39 is 0 Å². The van der Waals surface area contributed by atoms with Gasteiger partial charge in [0.2, 0.25) is 0 Å². The number of rotatable bonds is 1. The van der Waals surface area contributed by atoms with Gasteiger partial charge in [-0.15, -0.1) is 0 Å². The lowest BCUT2D eigenvalue weighted by molar-refractivity contribution is 0.407. The quantitative estimate of drug-likeness (QED) is 0.659. The molecule has 0 saturated carbocycles. The number of hydrogen-bond acceptors (Lipinski definition) is 3. The number of para-hydroxylation sites is 1. The molecule has 0 aliphatic rings. The molecule has 1 aromatic heterocycles. The summed E-state index contributed by atoms with van der Waals surface area (Å²) in [4.78, 5) is 11.1. The fraction of sp³-hybridized carbons (Fsp3) is 0.222. The molecule has 0 N–H and O–H groups in total. The standard InChI is InChI=1S/C9H9NO3/c1-10-6-4-3-5-7(12-2)8(6)13-9(10)11/h3-5H,1-2H3. The Bertz CT molecular complexity index is 495. The van der Waals surface area contributed by atoms with Crippen molar-refractivity contribution >= 4 is 11.1 Å². The molecule has 0 bridgehead atoms. The van der Waals surface area contributed by atoms with Gasteiger partial charge in [0.1, 0.15) is 0 Å². The number of hydrogen-bond donors (Lipinski definition) is 0. The highest BCUT2D eigenvalue weighted by Crippen LogP contribution is 2.23. The summed E-state index contributed by atoms with van der Waals surface area (Å²) in [6, 6.07) is 5.38. The van der Waals surface area contributed by atoms with Crippen molar-refractivity contribution < 1.29 is 9.15 Å². The zero-order valence-corrected chi connectivity index (χ0v) is 7.40. The lowest BCUT2D eigenvalue weighted by Crippen LogP contribution is -2.08. The summed E-state index contributed by atoms with van der Waals surface area (Å²) in [6.45, 7) is 0. The average molecular weight is 179 g/mol. The fourth-order valence-corrected chi connectivity index (χ4v) is 1.29. The van der Waals surface area contributed by atoms with E-state index in [1.54, 1.807) is 20.2 Å². The maximum Gasteiger partial charge on any atom is 0.419 e. The number of ether oxygens (including phenoxy) is 1. The molecule has 0 amide bonds. The first kappa shape index (κ1) is 7.91. The second kappa shape index (κ2) is 2.65. The highest BCUT2D eigenvalue weighted by molar-refractivity contribution is 5.79. The number of fused-ring (bicyclic) bond motifs is 1. The second-order valence-electron chi connectivity index (χ2n) is 2.74. The van der Waals surface area contributed by atoms with Crippen LogP contribution in [0.1, 0.15) is 0 Å². The highest BCUT2D eigenvalue weighted by atomic mass is 16.5. The van der Waals surface area contributed by atoms with E-state index in [0.717, 1.165) is 5.52 Å². The molecule has 1 aromatic carbocycles. The molecule has 0 atom stereocenters. The normalized spacial score (nSPS) is 10.6. The van der Waals surface area contributed by atoms with Crippen molar-refractivity contribution in [3.8, 4) is 5.75 Å². The molecule has 0 aliphatic carbocycles. The van der Waals surface area contributed by atoms with E-state index in [-0.39, 0.29) is 5.76 Å². The predicted octanol–water partition coefficient (Wildman–Crippen LogP) is 1.14. The highest BCUT2D eigenvalue weighted by Gasteiger charge is 2.09. The van der Waals surface area contributed by atoms with Gasteiger partial charge in [0.25, 0.3) is 0 Å². The molecular formula is C9H9NO3. The van der Waals surface area contributed by atoms with E-state index >= 15 is 0 Å². The Hall–Kier alpha value is -1.71. The SMILES string of the molecule is COc1cccc2c1oc(=O)n2C. The predicted molar refractivity (Wildman–Crippen MR) is 48.0 cm³/mol. The van der Waals surface area contributed by atoms with Crippen molar-refractivity contribution in [1.29, 1.82) is 0 Å². The zero-order chi connectivity index (χ0) is 9.42. The molecule has 68 valence electrons. The van der Waals surface area contributed by atoms with Crippen molar-refractivity contribution in [2.45, 2.75) is 0 Å². The van der Waals surface area contributed by atoms with Crippen LogP contribution in [0.2, 0.25) is 0 Å². The van der Waals surface area contributed by atoms with Gasteiger partial charge in [-0.05, 0) is 12.1 Å². The van der Waals surface area contributed by atoms with Gasteiger partial charge in [-0.1, -0.05) is 6.07 Å². The maximum atomic E-state index is 11.1. The first-order valence-corrected chi connectivity index (χ1v) is 3.86. The minimum Gasteiger partial charge on any atom is -0.493 e. The third-order valence-corrected chi connectivity index (χ3v) is 2.00. The van der Waals surface area contributed by atoms with Crippen molar-refractivity contribution in [1.82, 2.24) is 4.57 Å². The summed E-state index contributed by atoms with van der Waals surface area (Å²) in [5, 5.41) is 0. The number of nitrogens with zero attached hydrogens (tertiary/aromatic N) is 1. The first-order chi connectivity index (χ1) is 6.24. The van der Waals surface area contributed by atoms with Gasteiger partial charge in [0, 0.05) is 7.05 Å². The third-order valence-electron chi connectivity index (χ3n) is 2.00. The van der Waals surface area contributed by atoms with Crippen LogP contribution in [0.15, 0.2) is 27.4 Å². The number of aryl methyl sites for hydroxylation is 1. The van der Waals surface area contributed by atoms with E-state index in [1.165, 1.54) is 4.57 Å². The molecule has 0 spiro atoms. The van der Waals surface area contributed by atoms with Crippen LogP contribution in [0.5, 0.6) is 5.75 Å². The number of methoxy groups -OCH3 is 1. The summed E-state index contributed by atoms with van der Waals surface area (Å²) in [7, 11) is 3.20. The van der Waals surface area contributed by atoms with Gasteiger partial charge in [-0.25, -0.2) is 4.79 Å². The van der Waals surface area contributed by atoms with Crippen molar-refractivity contribution in [3.05, 3.63) is 28.7 Å². The Morgan fingerprint density at radius 1 is 1.46 bits per heavy atom. The van der Waals surface area contributed by atoms with Crippen molar-refractivity contribution in [3.63, 3.8) is 0 Å². The zero-order valence-electron chi connectivity index (χ0n) is 7.40. The Labute approximate surface area is 74.3 Å². The largest absolute Gasteiger partial charge is 0.493 e. The van der Waals surface area contributed by atoms with Gasteiger partial charge in [0.15, 0.2) is 11.3 Å². The molecule has 0 radical (unpaired) electrons. The average Bonchev–Trinajstić information content (AvgIpc) is 2.43. The summed E-state index contributed by atoms with van der Waals surface area (Å²) in [5.41, 5.74) is 1.24. The molecule has 0 fully saturated rings. The summed E-state index contributed by atoms with van der Waals surface area (Å²) in [5.74, 6) is 0.203. The molecule has 13 heavy (non-hydrogen) atoms. The van der Waals surface area contributed by atoms with Gasteiger partial charge < -0.3 is 9.15 Å². The second-order valence-corrected chi connectivity index (χ2v) is 2.74. The lowest BCUT2D eigenvalue weighted by atomic mass is 10.3. The molecule has 0 unspecified atom stereocenters. The number of benzene rings is 1. The van der Waals surface area contributed by atoms with Crippen LogP contribution < -0.4 is 10.5 Å². The molecule has 0 aliphatic heterocycles. The Morgan fingerprint density at radius 3 is 2.92 bits per heavy atom. The minimum absolute atomic E-state index is 0.375. The van der Waals surface area contributed by atoms with Gasteiger partial charge in [0.05, 0.1) is 12.6 Å². The van der Waals surface area contributed by atoms with Crippen molar-refractivity contribution in [2.24, 2.45) is 7.05 Å². The summed E-state index contributed by atoms with van der Waals surface area (Å²) in [6.07, 6.45) is 0. The fourth-order valence-electron chi connectivity index (χ4n) is 1.29.